The van der Waals surface area contributed by atoms with Gasteiger partial charge in [0, 0.05) is 6.54 Å². The van der Waals surface area contributed by atoms with E-state index in [2.05, 4.69) is 10.1 Å². The minimum atomic E-state index is -2.88. The molecule has 0 aromatic heterocycles. The Morgan fingerprint density at radius 3 is 2.35 bits per heavy atom. The first kappa shape index (κ1) is 14.3. The van der Waals surface area contributed by atoms with Crippen molar-refractivity contribution in [3.8, 4) is 5.75 Å². The van der Waals surface area contributed by atoms with Crippen LogP contribution < -0.4 is 10.1 Å². The van der Waals surface area contributed by atoms with Crippen molar-refractivity contribution in [3.05, 3.63) is 60.2 Å². The number of alkyl halides is 2. The smallest absolute Gasteiger partial charge is 0.387 e. The molecule has 0 spiro atoms. The number of nitrogens with one attached hydrogen (secondary N) is 1. The zero-order valence-corrected chi connectivity index (χ0v) is 10.7. The van der Waals surface area contributed by atoms with Crippen LogP contribution in [0.4, 0.5) is 14.5 Å². The normalized spacial score (nSPS) is 12.2. The van der Waals surface area contributed by atoms with Crippen LogP contribution in [0.2, 0.25) is 0 Å². The van der Waals surface area contributed by atoms with Gasteiger partial charge in [-0.05, 0) is 17.7 Å². The van der Waals surface area contributed by atoms with Crippen molar-refractivity contribution in [2.45, 2.75) is 12.7 Å². The topological polar surface area (TPSA) is 41.5 Å². The van der Waals surface area contributed by atoms with E-state index in [1.165, 1.54) is 6.07 Å². The molecule has 0 bridgehead atoms. The Labute approximate surface area is 115 Å². The van der Waals surface area contributed by atoms with E-state index in [9.17, 15) is 13.9 Å². The largest absolute Gasteiger partial charge is 0.433 e. The van der Waals surface area contributed by atoms with Crippen molar-refractivity contribution in [2.24, 2.45) is 0 Å². The Morgan fingerprint density at radius 1 is 1.00 bits per heavy atom. The highest BCUT2D eigenvalue weighted by Gasteiger charge is 2.11. The summed E-state index contributed by atoms with van der Waals surface area (Å²) >= 11 is 0. The van der Waals surface area contributed by atoms with Crippen LogP contribution in [0, 0.1) is 0 Å². The summed E-state index contributed by atoms with van der Waals surface area (Å²) in [5, 5.41) is 12.9. The van der Waals surface area contributed by atoms with Crippen molar-refractivity contribution in [1.82, 2.24) is 0 Å². The highest BCUT2D eigenvalue weighted by Crippen LogP contribution is 2.26. The zero-order valence-electron chi connectivity index (χ0n) is 10.7. The third-order valence-corrected chi connectivity index (χ3v) is 2.77. The van der Waals surface area contributed by atoms with Crippen LogP contribution in [0.1, 0.15) is 11.7 Å². The molecule has 0 heterocycles. The van der Waals surface area contributed by atoms with E-state index in [0.29, 0.717) is 5.69 Å². The lowest BCUT2D eigenvalue weighted by Crippen LogP contribution is -2.13. The van der Waals surface area contributed by atoms with Crippen molar-refractivity contribution in [3.63, 3.8) is 0 Å². The van der Waals surface area contributed by atoms with E-state index in [1.807, 2.05) is 18.2 Å². The van der Waals surface area contributed by atoms with E-state index in [1.54, 1.807) is 30.3 Å². The summed E-state index contributed by atoms with van der Waals surface area (Å²) in [6.07, 6.45) is -0.726. The molecule has 0 aliphatic rings. The SMILES string of the molecule is OC(CNc1ccccc1OC(F)F)c1ccccc1. The molecule has 0 fully saturated rings. The second-order valence-electron chi connectivity index (χ2n) is 4.18. The number of ether oxygens (including phenoxy) is 1. The maximum Gasteiger partial charge on any atom is 0.387 e. The van der Waals surface area contributed by atoms with Crippen LogP contribution in [0.25, 0.3) is 0 Å². The molecule has 0 amide bonds. The molecule has 20 heavy (non-hydrogen) atoms. The van der Waals surface area contributed by atoms with Crippen LogP contribution in [0.15, 0.2) is 54.6 Å². The third-order valence-electron chi connectivity index (χ3n) is 2.77. The van der Waals surface area contributed by atoms with Gasteiger partial charge in [-0.25, -0.2) is 0 Å². The first-order chi connectivity index (χ1) is 9.66. The summed E-state index contributed by atoms with van der Waals surface area (Å²) in [4.78, 5) is 0. The van der Waals surface area contributed by atoms with Gasteiger partial charge in [0.2, 0.25) is 0 Å². The molecule has 0 aliphatic heterocycles. The molecule has 2 aromatic carbocycles. The van der Waals surface area contributed by atoms with E-state index in [4.69, 9.17) is 0 Å². The average Bonchev–Trinajstić information content (AvgIpc) is 2.46. The van der Waals surface area contributed by atoms with Crippen LogP contribution in [-0.4, -0.2) is 18.3 Å². The number of halogens is 2. The number of benzene rings is 2. The summed E-state index contributed by atoms with van der Waals surface area (Å²) in [6.45, 7) is -2.68. The monoisotopic (exact) mass is 279 g/mol. The number of aliphatic hydroxyl groups is 1. The Bertz CT molecular complexity index is 534. The predicted molar refractivity (Wildman–Crippen MR) is 73.0 cm³/mol. The summed E-state index contributed by atoms with van der Waals surface area (Å²) in [5.41, 5.74) is 1.18. The van der Waals surface area contributed by atoms with Gasteiger partial charge in [-0.3, -0.25) is 0 Å². The van der Waals surface area contributed by atoms with Crippen molar-refractivity contribution >= 4 is 5.69 Å². The number of hydrogen-bond acceptors (Lipinski definition) is 3. The van der Waals surface area contributed by atoms with Gasteiger partial charge < -0.3 is 15.2 Å². The molecule has 1 unspecified atom stereocenters. The van der Waals surface area contributed by atoms with Gasteiger partial charge in [0.1, 0.15) is 5.75 Å². The fourth-order valence-corrected chi connectivity index (χ4v) is 1.81. The number of para-hydroxylation sites is 2. The van der Waals surface area contributed by atoms with E-state index in [0.717, 1.165) is 5.56 Å². The fourth-order valence-electron chi connectivity index (χ4n) is 1.81. The fraction of sp³-hybridized carbons (Fsp3) is 0.200. The lowest BCUT2D eigenvalue weighted by Gasteiger charge is -2.15. The van der Waals surface area contributed by atoms with E-state index < -0.39 is 12.7 Å². The van der Waals surface area contributed by atoms with Crippen molar-refractivity contribution in [2.75, 3.05) is 11.9 Å². The molecule has 2 aromatic rings. The molecule has 3 nitrogen and oxygen atoms in total. The van der Waals surface area contributed by atoms with E-state index in [-0.39, 0.29) is 12.3 Å². The maximum absolute atomic E-state index is 12.3. The molecule has 5 heteroatoms. The van der Waals surface area contributed by atoms with Gasteiger partial charge in [-0.1, -0.05) is 42.5 Å². The van der Waals surface area contributed by atoms with Gasteiger partial charge in [0.15, 0.2) is 0 Å². The molecule has 106 valence electrons. The zero-order chi connectivity index (χ0) is 14.4. The molecule has 1 atom stereocenters. The highest BCUT2D eigenvalue weighted by atomic mass is 19.3. The van der Waals surface area contributed by atoms with Gasteiger partial charge in [0.25, 0.3) is 0 Å². The molecular formula is C15H15F2NO2. The first-order valence-electron chi connectivity index (χ1n) is 6.17. The Balaban J connectivity index is 2.00. The average molecular weight is 279 g/mol. The third kappa shape index (κ3) is 3.93. The number of rotatable bonds is 6. The van der Waals surface area contributed by atoms with Gasteiger partial charge in [-0.15, -0.1) is 0 Å². The second kappa shape index (κ2) is 6.86. The minimum Gasteiger partial charge on any atom is -0.433 e. The standard InChI is InChI=1S/C15H15F2NO2/c16-15(17)20-14-9-5-4-8-12(14)18-10-13(19)11-6-2-1-3-7-11/h1-9,13,15,18-19H,10H2. The van der Waals surface area contributed by atoms with Crippen LogP contribution >= 0.6 is 0 Å². The maximum atomic E-state index is 12.3. The summed E-state index contributed by atoms with van der Waals surface area (Å²) in [7, 11) is 0. The minimum absolute atomic E-state index is 0.0581. The predicted octanol–water partition coefficient (Wildman–Crippen LogP) is 3.43. The van der Waals surface area contributed by atoms with Gasteiger partial charge in [0.05, 0.1) is 11.8 Å². The molecule has 0 radical (unpaired) electrons. The Hall–Kier alpha value is -2.14. The van der Waals surface area contributed by atoms with Crippen molar-refractivity contribution in [1.29, 1.82) is 0 Å². The quantitative estimate of drug-likeness (QED) is 0.851. The summed E-state index contributed by atoms with van der Waals surface area (Å²) < 4.78 is 28.9. The Morgan fingerprint density at radius 2 is 1.65 bits per heavy atom. The molecule has 0 saturated heterocycles. The Kier molecular flexibility index (Phi) is 4.90. The molecule has 2 N–H and O–H groups in total. The van der Waals surface area contributed by atoms with Crippen molar-refractivity contribution < 1.29 is 18.6 Å². The second-order valence-corrected chi connectivity index (χ2v) is 4.18. The molecular weight excluding hydrogens is 264 g/mol. The lowest BCUT2D eigenvalue weighted by molar-refractivity contribution is -0.0493. The van der Waals surface area contributed by atoms with E-state index >= 15 is 0 Å². The van der Waals surface area contributed by atoms with Gasteiger partial charge >= 0.3 is 6.61 Å². The number of hydrogen-bond donors (Lipinski definition) is 2. The van der Waals surface area contributed by atoms with Crippen LogP contribution in [0.3, 0.4) is 0 Å². The number of aliphatic hydroxyl groups excluding tert-OH is 1. The molecule has 2 rings (SSSR count). The lowest BCUT2D eigenvalue weighted by atomic mass is 10.1. The van der Waals surface area contributed by atoms with Crippen LogP contribution in [0.5, 0.6) is 5.75 Å². The molecule has 0 saturated carbocycles. The van der Waals surface area contributed by atoms with Crippen LogP contribution in [-0.2, 0) is 0 Å². The number of anilines is 1. The van der Waals surface area contributed by atoms with Gasteiger partial charge in [-0.2, -0.15) is 8.78 Å². The summed E-state index contributed by atoms with van der Waals surface area (Å²) in [6, 6.07) is 15.5. The molecule has 0 aliphatic carbocycles. The highest BCUT2D eigenvalue weighted by molar-refractivity contribution is 5.56. The first-order valence-corrected chi connectivity index (χ1v) is 6.17. The summed E-state index contributed by atoms with van der Waals surface area (Å²) in [5.74, 6) is 0.0581.